The van der Waals surface area contributed by atoms with E-state index < -0.39 is 0 Å². The fourth-order valence-electron chi connectivity index (χ4n) is 1.93. The number of ether oxygens (including phenoxy) is 1. The van der Waals surface area contributed by atoms with E-state index in [0.29, 0.717) is 19.5 Å². The van der Waals surface area contributed by atoms with Gasteiger partial charge in [-0.2, -0.15) is 0 Å². The average Bonchev–Trinajstić information content (AvgIpc) is 2.26. The molecular formula is C13H24N2O3. The van der Waals surface area contributed by atoms with Crippen LogP contribution < -0.4 is 5.32 Å². The smallest absolute Gasteiger partial charge is 0.407 e. The van der Waals surface area contributed by atoms with Gasteiger partial charge in [-0.25, -0.2) is 4.79 Å². The first-order valence-corrected chi connectivity index (χ1v) is 6.58. The number of piperidine rings is 1. The predicted molar refractivity (Wildman–Crippen MR) is 69.3 cm³/mol. The molecule has 0 unspecified atom stereocenters. The van der Waals surface area contributed by atoms with Crippen LogP contribution >= 0.6 is 0 Å². The van der Waals surface area contributed by atoms with Gasteiger partial charge in [0, 0.05) is 37.9 Å². The third-order valence-corrected chi connectivity index (χ3v) is 2.85. The predicted octanol–water partition coefficient (Wildman–Crippen LogP) is 1.91. The Morgan fingerprint density at radius 1 is 1.28 bits per heavy atom. The van der Waals surface area contributed by atoms with Crippen LogP contribution in [0.2, 0.25) is 0 Å². The van der Waals surface area contributed by atoms with E-state index in [9.17, 15) is 9.59 Å². The molecule has 0 spiro atoms. The number of likely N-dealkylation sites (tertiary alicyclic amines) is 1. The Kier molecular flexibility index (Phi) is 4.99. The van der Waals surface area contributed by atoms with Crippen molar-refractivity contribution in [3.63, 3.8) is 0 Å². The Bertz CT molecular complexity index is 302. The minimum absolute atomic E-state index is 0.0757. The number of nitrogens with zero attached hydrogens (tertiary/aromatic N) is 1. The molecule has 1 rings (SSSR count). The Morgan fingerprint density at radius 2 is 1.83 bits per heavy atom. The van der Waals surface area contributed by atoms with E-state index in [0.717, 1.165) is 12.8 Å². The second-order valence-corrected chi connectivity index (χ2v) is 5.71. The van der Waals surface area contributed by atoms with E-state index >= 15 is 0 Å². The molecule has 2 amide bonds. The molecule has 18 heavy (non-hydrogen) atoms. The maximum Gasteiger partial charge on any atom is 0.407 e. The molecule has 1 N–H and O–H groups in total. The number of hydrogen-bond donors (Lipinski definition) is 1. The largest absolute Gasteiger partial charge is 0.446 e. The van der Waals surface area contributed by atoms with Gasteiger partial charge in [0.25, 0.3) is 0 Å². The first-order valence-electron chi connectivity index (χ1n) is 6.58. The lowest BCUT2D eigenvalue weighted by Gasteiger charge is -2.32. The third-order valence-electron chi connectivity index (χ3n) is 2.85. The van der Waals surface area contributed by atoms with Gasteiger partial charge in [0.15, 0.2) is 0 Å². The fraction of sp³-hybridized carbons (Fsp3) is 0.846. The summed E-state index contributed by atoms with van der Waals surface area (Å²) in [6.45, 7) is 8.96. The molecule has 1 heterocycles. The highest BCUT2D eigenvalue weighted by atomic mass is 16.6. The summed E-state index contributed by atoms with van der Waals surface area (Å²) in [5.74, 6) is 0.174. The van der Waals surface area contributed by atoms with E-state index in [-0.39, 0.29) is 23.6 Å². The number of alkyl carbamates (subject to hydrolysis) is 1. The maximum atomic E-state index is 11.6. The molecule has 0 aromatic carbocycles. The van der Waals surface area contributed by atoms with Crippen molar-refractivity contribution in [3.8, 4) is 0 Å². The van der Waals surface area contributed by atoms with Crippen molar-refractivity contribution in [2.24, 2.45) is 0 Å². The van der Waals surface area contributed by atoms with Crippen LogP contribution in [0.25, 0.3) is 0 Å². The first-order chi connectivity index (χ1) is 8.31. The van der Waals surface area contributed by atoms with E-state index in [1.807, 2.05) is 32.6 Å². The topological polar surface area (TPSA) is 58.6 Å². The van der Waals surface area contributed by atoms with Crippen molar-refractivity contribution in [1.82, 2.24) is 10.2 Å². The summed E-state index contributed by atoms with van der Waals surface area (Å²) in [7, 11) is 0. The van der Waals surface area contributed by atoms with E-state index in [2.05, 4.69) is 5.32 Å². The molecule has 1 saturated heterocycles. The molecule has 0 aliphatic carbocycles. The second kappa shape index (κ2) is 6.07. The Labute approximate surface area is 109 Å². The van der Waals surface area contributed by atoms with E-state index in [1.54, 1.807) is 0 Å². The van der Waals surface area contributed by atoms with Gasteiger partial charge >= 0.3 is 6.09 Å². The van der Waals surface area contributed by atoms with Crippen LogP contribution in [0.15, 0.2) is 0 Å². The number of amides is 2. The zero-order chi connectivity index (χ0) is 13.8. The summed E-state index contributed by atoms with van der Waals surface area (Å²) >= 11 is 0. The van der Waals surface area contributed by atoms with Crippen molar-refractivity contribution in [2.45, 2.75) is 58.6 Å². The highest BCUT2D eigenvalue weighted by molar-refractivity contribution is 5.75. The minimum atomic E-state index is -0.372. The lowest BCUT2D eigenvalue weighted by Crippen LogP contribution is -2.45. The molecule has 1 aliphatic rings. The number of carbonyl (C=O) groups is 2. The van der Waals surface area contributed by atoms with Gasteiger partial charge in [0.05, 0.1) is 0 Å². The van der Waals surface area contributed by atoms with E-state index in [4.69, 9.17) is 4.74 Å². The zero-order valence-electron chi connectivity index (χ0n) is 11.8. The quantitative estimate of drug-likeness (QED) is 0.821. The van der Waals surface area contributed by atoms with Gasteiger partial charge in [0.1, 0.15) is 6.10 Å². The molecule has 0 bridgehead atoms. The number of rotatable bonds is 2. The van der Waals surface area contributed by atoms with E-state index in [1.165, 1.54) is 0 Å². The molecule has 1 fully saturated rings. The number of carbonyl (C=O) groups excluding carboxylic acids is 2. The fourth-order valence-corrected chi connectivity index (χ4v) is 1.93. The van der Waals surface area contributed by atoms with Gasteiger partial charge in [-0.15, -0.1) is 0 Å². The Morgan fingerprint density at radius 3 is 2.28 bits per heavy atom. The Balaban J connectivity index is 2.31. The monoisotopic (exact) mass is 256 g/mol. The molecule has 0 saturated carbocycles. The molecule has 104 valence electrons. The summed E-state index contributed by atoms with van der Waals surface area (Å²) < 4.78 is 5.34. The molecule has 0 aromatic rings. The lowest BCUT2D eigenvalue weighted by atomic mass is 10.1. The normalized spacial score (nSPS) is 17.4. The summed E-state index contributed by atoms with van der Waals surface area (Å²) in [5.41, 5.74) is -0.282. The number of nitrogens with one attached hydrogen (secondary N) is 1. The lowest BCUT2D eigenvalue weighted by molar-refractivity contribution is -0.132. The maximum absolute atomic E-state index is 11.6. The average molecular weight is 256 g/mol. The Hall–Kier alpha value is -1.26. The summed E-state index contributed by atoms with van der Waals surface area (Å²) in [5, 5.41) is 2.77. The molecule has 0 atom stereocenters. The molecule has 0 radical (unpaired) electrons. The highest BCUT2D eigenvalue weighted by Crippen LogP contribution is 2.15. The summed E-state index contributed by atoms with van der Waals surface area (Å²) in [6.07, 6.45) is 1.54. The van der Waals surface area contributed by atoms with Crippen LogP contribution in [0, 0.1) is 0 Å². The SMILES string of the molecule is CCC(=O)N1CCC(OC(=O)NC(C)(C)C)CC1. The van der Waals surface area contributed by atoms with Crippen LogP contribution in [0.1, 0.15) is 47.0 Å². The molecule has 5 nitrogen and oxygen atoms in total. The zero-order valence-corrected chi connectivity index (χ0v) is 11.8. The molecule has 5 heteroatoms. The van der Waals surface area contributed by atoms with Gasteiger partial charge in [-0.05, 0) is 20.8 Å². The van der Waals surface area contributed by atoms with Crippen molar-refractivity contribution < 1.29 is 14.3 Å². The minimum Gasteiger partial charge on any atom is -0.446 e. The standard InChI is InChI=1S/C13H24N2O3/c1-5-11(16)15-8-6-10(7-9-15)18-12(17)14-13(2,3)4/h10H,5-9H2,1-4H3,(H,14,17). The molecule has 1 aliphatic heterocycles. The van der Waals surface area contributed by atoms with Gasteiger partial charge in [0.2, 0.25) is 5.91 Å². The first kappa shape index (κ1) is 14.8. The molecule has 0 aromatic heterocycles. The third kappa shape index (κ3) is 4.94. The van der Waals surface area contributed by atoms with Crippen LogP contribution in [-0.4, -0.2) is 41.6 Å². The second-order valence-electron chi connectivity index (χ2n) is 5.71. The van der Waals surface area contributed by atoms with Crippen LogP contribution in [0.5, 0.6) is 0 Å². The van der Waals surface area contributed by atoms with Crippen molar-refractivity contribution in [1.29, 1.82) is 0 Å². The number of hydrogen-bond acceptors (Lipinski definition) is 3. The highest BCUT2D eigenvalue weighted by Gasteiger charge is 2.25. The van der Waals surface area contributed by atoms with Crippen LogP contribution in [0.4, 0.5) is 4.79 Å². The van der Waals surface area contributed by atoms with Crippen LogP contribution in [-0.2, 0) is 9.53 Å². The van der Waals surface area contributed by atoms with Gasteiger partial charge in [-0.3, -0.25) is 4.79 Å². The van der Waals surface area contributed by atoms with Crippen molar-refractivity contribution in [3.05, 3.63) is 0 Å². The summed E-state index contributed by atoms with van der Waals surface area (Å²) in [4.78, 5) is 24.9. The van der Waals surface area contributed by atoms with Gasteiger partial charge < -0.3 is 15.0 Å². The van der Waals surface area contributed by atoms with Crippen LogP contribution in [0.3, 0.4) is 0 Å². The van der Waals surface area contributed by atoms with Crippen molar-refractivity contribution in [2.75, 3.05) is 13.1 Å². The van der Waals surface area contributed by atoms with Gasteiger partial charge in [-0.1, -0.05) is 6.92 Å². The van der Waals surface area contributed by atoms with Crippen molar-refractivity contribution >= 4 is 12.0 Å². The molecular weight excluding hydrogens is 232 g/mol. The summed E-state index contributed by atoms with van der Waals surface area (Å²) in [6, 6.07) is 0.